The van der Waals surface area contributed by atoms with Gasteiger partial charge in [0.2, 0.25) is 0 Å². The van der Waals surface area contributed by atoms with E-state index < -0.39 is 5.69 Å². The number of rotatable bonds is 6. The summed E-state index contributed by atoms with van der Waals surface area (Å²) in [6.45, 7) is 10.6. The Hall–Kier alpha value is -2.79. The van der Waals surface area contributed by atoms with E-state index >= 15 is 0 Å². The normalized spacial score (nSPS) is 24.9. The van der Waals surface area contributed by atoms with Gasteiger partial charge in [0, 0.05) is 70.1 Å². The zero-order chi connectivity index (χ0) is 24.7. The average molecular weight is 481 g/mol. The first-order chi connectivity index (χ1) is 16.7. The van der Waals surface area contributed by atoms with E-state index in [2.05, 4.69) is 20.1 Å². The number of aromatic nitrogens is 2. The summed E-state index contributed by atoms with van der Waals surface area (Å²) < 4.78 is 1.48. The zero-order valence-electron chi connectivity index (χ0n) is 20.6. The molecule has 0 spiro atoms. The molecule has 1 aromatic heterocycles. The number of likely N-dealkylation sites (tertiary alicyclic amines) is 1. The second kappa shape index (κ2) is 9.34. The lowest BCUT2D eigenvalue weighted by Crippen LogP contribution is -2.54. The Bertz CT molecular complexity index is 1110. The first-order valence-electron chi connectivity index (χ1n) is 12.4. The number of nitrogens with zero attached hydrogens (tertiary/aromatic N) is 5. The van der Waals surface area contributed by atoms with Crippen molar-refractivity contribution in [2.75, 3.05) is 51.1 Å². The molecule has 0 bridgehead atoms. The van der Waals surface area contributed by atoms with Gasteiger partial charge >= 0.3 is 11.7 Å². The van der Waals surface area contributed by atoms with Gasteiger partial charge in [-0.15, -0.1) is 0 Å². The van der Waals surface area contributed by atoms with E-state index in [9.17, 15) is 9.59 Å². The van der Waals surface area contributed by atoms with Crippen LogP contribution >= 0.6 is 0 Å². The molecule has 3 heterocycles. The lowest BCUT2D eigenvalue weighted by Gasteiger charge is -2.37. The number of nitrogens with two attached hydrogens (primary N) is 2. The number of fused-ring (bicyclic) bond motifs is 1. The van der Waals surface area contributed by atoms with E-state index in [4.69, 9.17) is 11.5 Å². The molecular weight excluding hydrogens is 444 g/mol. The Morgan fingerprint density at radius 1 is 1.06 bits per heavy atom. The third-order valence-electron chi connectivity index (χ3n) is 7.29. The molecule has 10 nitrogen and oxygen atoms in total. The van der Waals surface area contributed by atoms with Crippen molar-refractivity contribution in [1.82, 2.24) is 24.3 Å². The van der Waals surface area contributed by atoms with Crippen molar-refractivity contribution in [3.8, 4) is 5.69 Å². The van der Waals surface area contributed by atoms with Gasteiger partial charge in [-0.2, -0.15) is 4.98 Å². The first kappa shape index (κ1) is 23.9. The quantitative estimate of drug-likeness (QED) is 0.550. The Kier molecular flexibility index (Phi) is 6.39. The zero-order valence-corrected chi connectivity index (χ0v) is 20.6. The van der Waals surface area contributed by atoms with E-state index in [0.717, 1.165) is 45.0 Å². The van der Waals surface area contributed by atoms with E-state index in [1.807, 2.05) is 38.1 Å². The van der Waals surface area contributed by atoms with Crippen molar-refractivity contribution < 1.29 is 4.79 Å². The van der Waals surface area contributed by atoms with Crippen molar-refractivity contribution >= 4 is 11.8 Å². The van der Waals surface area contributed by atoms with Crippen LogP contribution in [0.4, 0.5) is 10.6 Å². The molecular formula is C25H36N8O2. The fraction of sp³-hybridized carbons (Fsp3) is 0.560. The number of piperidine rings is 1. The van der Waals surface area contributed by atoms with Gasteiger partial charge in [0.1, 0.15) is 5.82 Å². The van der Waals surface area contributed by atoms with Crippen molar-refractivity contribution in [3.05, 3.63) is 52.6 Å². The van der Waals surface area contributed by atoms with Crippen LogP contribution in [-0.2, 0) is 6.54 Å². The van der Waals surface area contributed by atoms with Crippen LogP contribution in [0, 0.1) is 11.8 Å². The number of anilines is 1. The van der Waals surface area contributed by atoms with Crippen molar-refractivity contribution in [3.63, 3.8) is 0 Å². The summed E-state index contributed by atoms with van der Waals surface area (Å²) in [6, 6.07) is 9.77. The minimum atomic E-state index is -0.431. The Morgan fingerprint density at radius 3 is 2.31 bits per heavy atom. The number of piperazine rings is 1. The van der Waals surface area contributed by atoms with Gasteiger partial charge < -0.3 is 16.4 Å². The standard InChI is InChI=1S/C25H36N8O2/c1-25(2,27)16-30-9-11-32(12-10-30)23(34)28-21-7-8-33(24(35)29-21)18-5-3-17(4-6-18)13-31-14-19-20(15-31)22(19)26/h3-8,19-20,22H,9-16,26-27H2,1-2H3,(H,28,29,34,35)/t19-,20+,22?. The Labute approximate surface area is 205 Å². The summed E-state index contributed by atoms with van der Waals surface area (Å²) in [6.07, 6.45) is 1.65. The average Bonchev–Trinajstić information content (AvgIpc) is 3.19. The predicted molar refractivity (Wildman–Crippen MR) is 135 cm³/mol. The highest BCUT2D eigenvalue weighted by Gasteiger charge is 2.53. The smallest absolute Gasteiger partial charge is 0.327 e. The molecule has 35 heavy (non-hydrogen) atoms. The van der Waals surface area contributed by atoms with Crippen LogP contribution in [-0.4, -0.2) is 87.7 Å². The number of benzene rings is 1. The molecule has 5 rings (SSSR count). The molecule has 2 amide bonds. The SMILES string of the molecule is CC(C)(N)CN1CCN(C(=O)Nc2ccn(-c3ccc(CN4C[C@@H]5C(N)[C@@H]5C4)cc3)c(=O)n2)CC1. The molecule has 188 valence electrons. The maximum Gasteiger partial charge on any atom is 0.354 e. The van der Waals surface area contributed by atoms with Gasteiger partial charge in [-0.25, -0.2) is 9.59 Å². The topological polar surface area (TPSA) is 126 Å². The second-order valence-electron chi connectivity index (χ2n) is 10.9. The van der Waals surface area contributed by atoms with Crippen LogP contribution in [0.25, 0.3) is 5.69 Å². The fourth-order valence-corrected chi connectivity index (χ4v) is 5.35. The Balaban J connectivity index is 1.15. The van der Waals surface area contributed by atoms with Crippen LogP contribution in [0.1, 0.15) is 19.4 Å². The molecule has 2 aromatic rings. The molecule has 1 aliphatic carbocycles. The van der Waals surface area contributed by atoms with Gasteiger partial charge in [-0.1, -0.05) is 12.1 Å². The summed E-state index contributed by atoms with van der Waals surface area (Å²) >= 11 is 0. The molecule has 0 radical (unpaired) electrons. The first-order valence-corrected chi connectivity index (χ1v) is 12.4. The van der Waals surface area contributed by atoms with Crippen LogP contribution in [0.2, 0.25) is 0 Å². The van der Waals surface area contributed by atoms with Crippen molar-refractivity contribution in [2.45, 2.75) is 32.0 Å². The number of carbonyl (C=O) groups is 1. The molecule has 3 aliphatic rings. The molecule has 3 atom stereocenters. The van der Waals surface area contributed by atoms with Gasteiger partial charge in [-0.05, 0) is 49.4 Å². The van der Waals surface area contributed by atoms with E-state index in [-0.39, 0.29) is 17.4 Å². The summed E-state index contributed by atoms with van der Waals surface area (Å²) in [5.74, 6) is 1.60. The highest BCUT2D eigenvalue weighted by atomic mass is 16.2. The minimum Gasteiger partial charge on any atom is -0.327 e. The van der Waals surface area contributed by atoms with Gasteiger partial charge in [0.25, 0.3) is 0 Å². The van der Waals surface area contributed by atoms with Gasteiger partial charge in [0.05, 0.1) is 5.69 Å². The summed E-state index contributed by atoms with van der Waals surface area (Å²) in [7, 11) is 0. The highest BCUT2D eigenvalue weighted by Crippen LogP contribution is 2.44. The fourth-order valence-electron chi connectivity index (χ4n) is 5.35. The highest BCUT2D eigenvalue weighted by molar-refractivity contribution is 5.88. The number of hydrogen-bond donors (Lipinski definition) is 3. The number of amides is 2. The maximum atomic E-state index is 12.7. The van der Waals surface area contributed by atoms with Crippen molar-refractivity contribution in [2.24, 2.45) is 23.3 Å². The van der Waals surface area contributed by atoms with E-state index in [1.165, 1.54) is 10.1 Å². The molecule has 2 aliphatic heterocycles. The molecule has 10 heteroatoms. The largest absolute Gasteiger partial charge is 0.354 e. The Morgan fingerprint density at radius 2 is 1.71 bits per heavy atom. The lowest BCUT2D eigenvalue weighted by molar-refractivity contribution is 0.132. The summed E-state index contributed by atoms with van der Waals surface area (Å²) in [5, 5.41) is 2.76. The molecule has 3 fully saturated rings. The van der Waals surface area contributed by atoms with Crippen LogP contribution < -0.4 is 22.5 Å². The molecule has 2 saturated heterocycles. The third kappa shape index (κ3) is 5.56. The maximum absolute atomic E-state index is 12.7. The van der Waals surface area contributed by atoms with Crippen molar-refractivity contribution in [1.29, 1.82) is 0 Å². The molecule has 1 unspecified atom stereocenters. The van der Waals surface area contributed by atoms with Gasteiger partial charge in [-0.3, -0.25) is 19.7 Å². The number of carbonyl (C=O) groups excluding carboxylic acids is 1. The molecule has 1 aromatic carbocycles. The third-order valence-corrected chi connectivity index (χ3v) is 7.29. The van der Waals surface area contributed by atoms with Crippen LogP contribution in [0.15, 0.2) is 41.3 Å². The molecule has 1 saturated carbocycles. The summed E-state index contributed by atoms with van der Waals surface area (Å²) in [4.78, 5) is 35.8. The summed E-state index contributed by atoms with van der Waals surface area (Å²) in [5.41, 5.74) is 13.4. The number of hydrogen-bond acceptors (Lipinski definition) is 7. The monoisotopic (exact) mass is 480 g/mol. The van der Waals surface area contributed by atoms with Crippen LogP contribution in [0.3, 0.4) is 0 Å². The number of nitrogens with one attached hydrogen (secondary N) is 1. The van der Waals surface area contributed by atoms with Crippen LogP contribution in [0.5, 0.6) is 0 Å². The number of urea groups is 1. The lowest BCUT2D eigenvalue weighted by atomic mass is 10.1. The minimum absolute atomic E-state index is 0.244. The van der Waals surface area contributed by atoms with E-state index in [0.29, 0.717) is 31.0 Å². The second-order valence-corrected chi connectivity index (χ2v) is 10.9. The van der Waals surface area contributed by atoms with E-state index in [1.54, 1.807) is 17.2 Å². The molecule has 5 N–H and O–H groups in total. The van der Waals surface area contributed by atoms with Gasteiger partial charge in [0.15, 0.2) is 0 Å². The predicted octanol–water partition coefficient (Wildman–Crippen LogP) is 0.508.